The van der Waals surface area contributed by atoms with Crippen LogP contribution >= 0.6 is 11.6 Å². The van der Waals surface area contributed by atoms with Crippen LogP contribution in [0.3, 0.4) is 0 Å². The van der Waals surface area contributed by atoms with Crippen molar-refractivity contribution < 1.29 is 19.1 Å². The molecule has 7 nitrogen and oxygen atoms in total. The van der Waals surface area contributed by atoms with Crippen molar-refractivity contribution >= 4 is 35.0 Å². The van der Waals surface area contributed by atoms with E-state index in [1.54, 1.807) is 17.0 Å². The van der Waals surface area contributed by atoms with Gasteiger partial charge in [0.1, 0.15) is 11.6 Å². The van der Waals surface area contributed by atoms with Gasteiger partial charge < -0.3 is 20.3 Å². The molecule has 4 aliphatic rings. The van der Waals surface area contributed by atoms with E-state index in [4.69, 9.17) is 16.3 Å². The van der Waals surface area contributed by atoms with Gasteiger partial charge >= 0.3 is 0 Å². The summed E-state index contributed by atoms with van der Waals surface area (Å²) in [5.74, 6) is -2.21. The summed E-state index contributed by atoms with van der Waals surface area (Å²) in [6.45, 7) is 2.24. The first kappa shape index (κ1) is 22.3. The Balaban J connectivity index is 1.28. The van der Waals surface area contributed by atoms with Gasteiger partial charge in [-0.2, -0.15) is 0 Å². The van der Waals surface area contributed by atoms with Crippen LogP contribution in [0.4, 0.5) is 5.69 Å². The highest BCUT2D eigenvalue weighted by atomic mass is 35.5. The zero-order valence-corrected chi connectivity index (χ0v) is 20.0. The Hall–Kier alpha value is -3.16. The molecule has 2 N–H and O–H groups in total. The van der Waals surface area contributed by atoms with Crippen LogP contribution in [0.2, 0.25) is 5.02 Å². The number of rotatable bonds is 6. The number of likely N-dealkylation sites (tertiary alicyclic amines) is 1. The van der Waals surface area contributed by atoms with Crippen molar-refractivity contribution in [1.82, 2.24) is 10.2 Å². The molecule has 0 unspecified atom stereocenters. The van der Waals surface area contributed by atoms with Gasteiger partial charge in [0.25, 0.3) is 0 Å². The van der Waals surface area contributed by atoms with E-state index in [0.717, 1.165) is 24.0 Å². The third kappa shape index (κ3) is 3.56. The lowest BCUT2D eigenvalue weighted by molar-refractivity contribution is -0.141. The van der Waals surface area contributed by atoms with Crippen molar-refractivity contribution in [1.29, 1.82) is 0 Å². The summed E-state index contributed by atoms with van der Waals surface area (Å²) in [5, 5.41) is 6.46. The molecule has 0 aromatic heterocycles. The van der Waals surface area contributed by atoms with Crippen LogP contribution in [0.5, 0.6) is 0 Å². The molecule has 2 bridgehead atoms. The highest BCUT2D eigenvalue weighted by Crippen LogP contribution is 2.57. The van der Waals surface area contributed by atoms with Gasteiger partial charge in [0.15, 0.2) is 0 Å². The SMILES string of the molecule is Cc1ccc(NC(=O)[C@@H]2[C@@H]3C=C[C@]4(O3)[C@@H]2C(=O)N(C2CC2)[C@@H]4C(=O)NCc2ccccc2)cc1Cl. The number of hydrogen-bond donors (Lipinski definition) is 2. The van der Waals surface area contributed by atoms with Gasteiger partial charge in [0.2, 0.25) is 17.7 Å². The summed E-state index contributed by atoms with van der Waals surface area (Å²) in [5.41, 5.74) is 1.30. The Morgan fingerprint density at radius 1 is 1.14 bits per heavy atom. The summed E-state index contributed by atoms with van der Waals surface area (Å²) in [4.78, 5) is 42.4. The zero-order valence-electron chi connectivity index (χ0n) is 19.2. The van der Waals surface area contributed by atoms with Gasteiger partial charge in [-0.3, -0.25) is 14.4 Å². The van der Waals surface area contributed by atoms with E-state index in [1.165, 1.54) is 0 Å². The van der Waals surface area contributed by atoms with Crippen molar-refractivity contribution in [3.05, 3.63) is 76.8 Å². The second-order valence-corrected chi connectivity index (χ2v) is 10.2. The summed E-state index contributed by atoms with van der Waals surface area (Å²) in [6, 6.07) is 14.2. The highest BCUT2D eigenvalue weighted by molar-refractivity contribution is 6.31. The smallest absolute Gasteiger partial charge is 0.246 e. The third-order valence-electron chi connectivity index (χ3n) is 7.55. The normalized spacial score (nSPS) is 30.5. The van der Waals surface area contributed by atoms with Crippen molar-refractivity contribution in [3.8, 4) is 0 Å². The molecular weight excluding hydrogens is 466 g/mol. The highest BCUT2D eigenvalue weighted by Gasteiger charge is 2.74. The molecule has 8 heteroatoms. The zero-order chi connectivity index (χ0) is 24.3. The number of nitrogens with one attached hydrogen (secondary N) is 2. The molecule has 2 aromatic rings. The lowest BCUT2D eigenvalue weighted by Crippen LogP contribution is -2.55. The molecule has 2 saturated heterocycles. The Labute approximate surface area is 208 Å². The van der Waals surface area contributed by atoms with Crippen LogP contribution < -0.4 is 10.6 Å². The molecule has 1 spiro atoms. The number of carbonyl (C=O) groups is 3. The minimum Gasteiger partial charge on any atom is -0.359 e. The topological polar surface area (TPSA) is 87.7 Å². The van der Waals surface area contributed by atoms with Crippen molar-refractivity contribution in [3.63, 3.8) is 0 Å². The molecule has 1 aliphatic carbocycles. The fourth-order valence-corrected chi connectivity index (χ4v) is 5.91. The largest absolute Gasteiger partial charge is 0.359 e. The average Bonchev–Trinajstić information content (AvgIpc) is 3.45. The van der Waals surface area contributed by atoms with Gasteiger partial charge in [-0.15, -0.1) is 0 Å². The fourth-order valence-electron chi connectivity index (χ4n) is 5.73. The Morgan fingerprint density at radius 2 is 1.91 bits per heavy atom. The second kappa shape index (κ2) is 8.21. The molecule has 3 amide bonds. The molecule has 1 saturated carbocycles. The molecule has 3 fully saturated rings. The first-order valence-electron chi connectivity index (χ1n) is 12.0. The van der Waals surface area contributed by atoms with Crippen molar-refractivity contribution in [2.75, 3.05) is 5.32 Å². The molecule has 3 heterocycles. The Bertz CT molecular complexity index is 1240. The van der Waals surface area contributed by atoms with Crippen LogP contribution in [-0.4, -0.2) is 46.4 Å². The van der Waals surface area contributed by atoms with E-state index >= 15 is 0 Å². The van der Waals surface area contributed by atoms with Crippen LogP contribution in [0.15, 0.2) is 60.7 Å². The monoisotopic (exact) mass is 491 g/mol. The van der Waals surface area contributed by atoms with Crippen LogP contribution in [-0.2, 0) is 25.7 Å². The van der Waals surface area contributed by atoms with Gasteiger partial charge in [0.05, 0.1) is 17.9 Å². The Morgan fingerprint density at radius 3 is 2.63 bits per heavy atom. The molecule has 5 atom stereocenters. The summed E-state index contributed by atoms with van der Waals surface area (Å²) >= 11 is 6.23. The summed E-state index contributed by atoms with van der Waals surface area (Å²) in [7, 11) is 0. The average molecular weight is 492 g/mol. The predicted molar refractivity (Wildman–Crippen MR) is 130 cm³/mol. The molecule has 6 rings (SSSR count). The van der Waals surface area contributed by atoms with Gasteiger partial charge in [-0.25, -0.2) is 0 Å². The quantitative estimate of drug-likeness (QED) is 0.607. The lowest BCUT2D eigenvalue weighted by atomic mass is 9.74. The second-order valence-electron chi connectivity index (χ2n) is 9.83. The number of fused-ring (bicyclic) bond motifs is 1. The maximum Gasteiger partial charge on any atom is 0.246 e. The maximum absolute atomic E-state index is 13.7. The minimum atomic E-state index is -1.14. The third-order valence-corrected chi connectivity index (χ3v) is 7.96. The molecule has 0 radical (unpaired) electrons. The number of nitrogens with zero attached hydrogens (tertiary/aromatic N) is 1. The van der Waals surface area contributed by atoms with E-state index in [1.807, 2.05) is 55.5 Å². The number of carbonyl (C=O) groups excluding carboxylic acids is 3. The standard InChI is InChI=1S/C27H26ClN3O4/c1-15-7-8-17(13-19(15)28)30-24(32)21-20-11-12-27(35-20)22(21)26(34)31(18-9-10-18)23(27)25(33)29-14-16-5-3-2-4-6-16/h2-8,11-13,18,20-23H,9-10,14H2,1H3,(H,29,33)(H,30,32)/t20-,21+,22-,23+,27-/m0/s1. The van der Waals surface area contributed by atoms with E-state index in [9.17, 15) is 14.4 Å². The number of halogens is 1. The Kier molecular flexibility index (Phi) is 5.23. The van der Waals surface area contributed by atoms with Crippen LogP contribution in [0.25, 0.3) is 0 Å². The van der Waals surface area contributed by atoms with Gasteiger partial charge in [-0.05, 0) is 43.0 Å². The van der Waals surface area contributed by atoms with E-state index < -0.39 is 29.6 Å². The minimum absolute atomic E-state index is 0.00520. The number of hydrogen-bond acceptors (Lipinski definition) is 4. The molecule has 35 heavy (non-hydrogen) atoms. The number of anilines is 1. The van der Waals surface area contributed by atoms with Gasteiger partial charge in [-0.1, -0.05) is 60.2 Å². The lowest BCUT2D eigenvalue weighted by Gasteiger charge is -2.32. The maximum atomic E-state index is 13.7. The molecular formula is C27H26ClN3O4. The van der Waals surface area contributed by atoms with Crippen molar-refractivity contribution in [2.45, 2.75) is 50.1 Å². The number of ether oxygens (including phenoxy) is 1. The summed E-state index contributed by atoms with van der Waals surface area (Å²) in [6.07, 6.45) is 4.80. The first-order valence-corrected chi connectivity index (χ1v) is 12.3. The van der Waals surface area contributed by atoms with Crippen LogP contribution in [0.1, 0.15) is 24.0 Å². The summed E-state index contributed by atoms with van der Waals surface area (Å²) < 4.78 is 6.34. The van der Waals surface area contributed by atoms with E-state index in [-0.39, 0.29) is 23.8 Å². The van der Waals surface area contributed by atoms with E-state index in [2.05, 4.69) is 10.6 Å². The molecule has 180 valence electrons. The van der Waals surface area contributed by atoms with E-state index in [0.29, 0.717) is 17.3 Å². The van der Waals surface area contributed by atoms with Crippen molar-refractivity contribution in [2.24, 2.45) is 11.8 Å². The predicted octanol–water partition coefficient (Wildman–Crippen LogP) is 3.22. The number of amides is 3. The molecule has 3 aliphatic heterocycles. The van der Waals surface area contributed by atoms with Gasteiger partial charge in [0, 0.05) is 23.3 Å². The molecule has 2 aromatic carbocycles. The van der Waals surface area contributed by atoms with Crippen LogP contribution in [0, 0.1) is 18.8 Å². The number of aryl methyl sites for hydroxylation is 1. The first-order chi connectivity index (χ1) is 16.9. The number of benzene rings is 2. The fraction of sp³-hybridized carbons (Fsp3) is 0.370.